The van der Waals surface area contributed by atoms with Crippen molar-refractivity contribution in [2.45, 2.75) is 25.4 Å². The summed E-state index contributed by atoms with van der Waals surface area (Å²) in [5, 5.41) is 12.0. The predicted octanol–water partition coefficient (Wildman–Crippen LogP) is 2.05. The molecule has 0 aromatic carbocycles. The van der Waals surface area contributed by atoms with Gasteiger partial charge in [-0.05, 0) is 37.6 Å². The molecule has 0 spiro atoms. The van der Waals surface area contributed by atoms with Crippen molar-refractivity contribution in [3.8, 4) is 0 Å². The molecular weight excluding hydrogens is 318 g/mol. The summed E-state index contributed by atoms with van der Waals surface area (Å²) >= 11 is 0. The van der Waals surface area contributed by atoms with Crippen LogP contribution in [0.5, 0.6) is 0 Å². The lowest BCUT2D eigenvalue weighted by molar-refractivity contribution is -0.131. The topological polar surface area (TPSA) is 91.2 Å². The molecule has 7 nitrogen and oxygen atoms in total. The fourth-order valence-electron chi connectivity index (χ4n) is 2.90. The molecule has 1 fully saturated rings. The largest absolute Gasteiger partial charge is 0.478 e. The molecule has 130 valence electrons. The summed E-state index contributed by atoms with van der Waals surface area (Å²) in [4.78, 5) is 25.8. The Labute approximate surface area is 146 Å². The fourth-order valence-corrected chi connectivity index (χ4v) is 2.90. The van der Waals surface area contributed by atoms with Gasteiger partial charge in [0.2, 0.25) is 0 Å². The van der Waals surface area contributed by atoms with Crippen LogP contribution >= 0.6 is 0 Å². The Bertz CT molecular complexity index is 718. The molecule has 1 aliphatic heterocycles. The van der Waals surface area contributed by atoms with E-state index in [4.69, 9.17) is 5.11 Å². The summed E-state index contributed by atoms with van der Waals surface area (Å²) < 4.78 is 0. The van der Waals surface area contributed by atoms with Gasteiger partial charge in [-0.2, -0.15) is 0 Å². The Morgan fingerprint density at radius 2 is 2.24 bits per heavy atom. The number of pyridine rings is 1. The van der Waals surface area contributed by atoms with Gasteiger partial charge in [-0.1, -0.05) is 6.07 Å². The molecule has 3 rings (SSSR count). The first-order valence-electron chi connectivity index (χ1n) is 8.31. The number of nitrogens with one attached hydrogen (secondary N) is 1. The number of carbonyl (C=O) groups is 1. The number of likely N-dealkylation sites (tertiary alicyclic amines) is 1. The Hall–Kier alpha value is -2.80. The molecule has 3 heterocycles. The van der Waals surface area contributed by atoms with E-state index in [-0.39, 0.29) is 0 Å². The van der Waals surface area contributed by atoms with Crippen LogP contribution < -0.4 is 5.32 Å². The number of hydrogen-bond donors (Lipinski definition) is 2. The van der Waals surface area contributed by atoms with Crippen LogP contribution in [0.15, 0.2) is 42.9 Å². The molecule has 0 saturated carbocycles. The number of anilines is 1. The van der Waals surface area contributed by atoms with E-state index in [2.05, 4.69) is 25.2 Å². The van der Waals surface area contributed by atoms with Crippen LogP contribution in [0.2, 0.25) is 0 Å². The molecule has 0 amide bonds. The first-order valence-corrected chi connectivity index (χ1v) is 8.31. The highest BCUT2D eigenvalue weighted by Crippen LogP contribution is 2.16. The molecule has 7 heteroatoms. The number of aromatic nitrogens is 3. The van der Waals surface area contributed by atoms with Crippen molar-refractivity contribution in [1.29, 1.82) is 0 Å². The van der Waals surface area contributed by atoms with Crippen LogP contribution in [0.4, 0.5) is 5.82 Å². The molecule has 2 aromatic heterocycles. The van der Waals surface area contributed by atoms with E-state index in [0.29, 0.717) is 17.6 Å². The second-order valence-electron chi connectivity index (χ2n) is 6.04. The van der Waals surface area contributed by atoms with E-state index < -0.39 is 5.97 Å². The number of piperidine rings is 1. The van der Waals surface area contributed by atoms with Crippen molar-refractivity contribution >= 4 is 17.9 Å². The molecule has 25 heavy (non-hydrogen) atoms. The van der Waals surface area contributed by atoms with Crippen molar-refractivity contribution < 1.29 is 9.90 Å². The van der Waals surface area contributed by atoms with E-state index >= 15 is 0 Å². The maximum absolute atomic E-state index is 10.5. The van der Waals surface area contributed by atoms with Crippen LogP contribution in [-0.2, 0) is 11.3 Å². The fraction of sp³-hybridized carbons (Fsp3) is 0.333. The van der Waals surface area contributed by atoms with Crippen LogP contribution in [-0.4, -0.2) is 50.1 Å². The number of carboxylic acids is 1. The van der Waals surface area contributed by atoms with Crippen molar-refractivity contribution in [2.24, 2.45) is 0 Å². The van der Waals surface area contributed by atoms with E-state index in [9.17, 15) is 4.79 Å². The summed E-state index contributed by atoms with van der Waals surface area (Å²) in [6.07, 6.45) is 9.71. The van der Waals surface area contributed by atoms with Gasteiger partial charge in [0.15, 0.2) is 0 Å². The summed E-state index contributed by atoms with van der Waals surface area (Å²) in [6.45, 7) is 2.85. The quantitative estimate of drug-likeness (QED) is 0.778. The zero-order valence-corrected chi connectivity index (χ0v) is 13.9. The molecule has 2 N–H and O–H groups in total. The number of rotatable bonds is 6. The van der Waals surface area contributed by atoms with Gasteiger partial charge in [0.1, 0.15) is 5.82 Å². The number of aliphatic carboxylic acids is 1. The van der Waals surface area contributed by atoms with E-state index in [0.717, 1.165) is 44.2 Å². The third-order valence-electron chi connectivity index (χ3n) is 4.04. The van der Waals surface area contributed by atoms with Crippen molar-refractivity contribution in [3.05, 3.63) is 54.3 Å². The highest BCUT2D eigenvalue weighted by molar-refractivity contribution is 5.84. The molecule has 1 aliphatic rings. The molecule has 0 aliphatic carbocycles. The lowest BCUT2D eigenvalue weighted by Gasteiger charge is -2.33. The second-order valence-corrected chi connectivity index (χ2v) is 6.04. The van der Waals surface area contributed by atoms with Crippen LogP contribution in [0.25, 0.3) is 6.08 Å². The highest BCUT2D eigenvalue weighted by Gasteiger charge is 2.20. The van der Waals surface area contributed by atoms with Crippen molar-refractivity contribution in [1.82, 2.24) is 19.9 Å². The first kappa shape index (κ1) is 17.0. The van der Waals surface area contributed by atoms with Crippen LogP contribution in [0.3, 0.4) is 0 Å². The minimum Gasteiger partial charge on any atom is -0.478 e. The van der Waals surface area contributed by atoms with Crippen molar-refractivity contribution in [2.75, 3.05) is 18.4 Å². The summed E-state index contributed by atoms with van der Waals surface area (Å²) in [7, 11) is 0. The lowest BCUT2D eigenvalue weighted by Crippen LogP contribution is -2.41. The van der Waals surface area contributed by atoms with Gasteiger partial charge < -0.3 is 10.4 Å². The van der Waals surface area contributed by atoms with Crippen LogP contribution in [0.1, 0.15) is 24.2 Å². The van der Waals surface area contributed by atoms with Gasteiger partial charge in [-0.3, -0.25) is 14.9 Å². The van der Waals surface area contributed by atoms with Gasteiger partial charge in [-0.25, -0.2) is 9.78 Å². The van der Waals surface area contributed by atoms with Gasteiger partial charge in [0, 0.05) is 31.4 Å². The lowest BCUT2D eigenvalue weighted by atomic mass is 10.1. The van der Waals surface area contributed by atoms with Crippen LogP contribution in [0, 0.1) is 0 Å². The highest BCUT2D eigenvalue weighted by atomic mass is 16.4. The standard InChI is InChI=1S/C18H21N5O2/c24-18(25)7-6-14-10-21-17(11-20-14)22-16-5-3-9-23(13-16)12-15-4-1-2-8-19-15/h1-2,4,6-8,10-11,16H,3,5,9,12-13H2,(H,21,22)(H,24,25)/b7-6+/t16-/m1/s1. The molecule has 1 saturated heterocycles. The van der Waals surface area contributed by atoms with Gasteiger partial charge in [-0.15, -0.1) is 0 Å². The maximum atomic E-state index is 10.5. The Kier molecular flexibility index (Phi) is 5.69. The number of hydrogen-bond acceptors (Lipinski definition) is 6. The smallest absolute Gasteiger partial charge is 0.328 e. The Morgan fingerprint density at radius 1 is 1.32 bits per heavy atom. The molecular formula is C18H21N5O2. The number of carboxylic acid groups (broad SMARTS) is 1. The van der Waals surface area contributed by atoms with E-state index in [1.54, 1.807) is 12.4 Å². The molecule has 2 aromatic rings. The Balaban J connectivity index is 1.54. The summed E-state index contributed by atoms with van der Waals surface area (Å²) in [6, 6.07) is 6.30. The predicted molar refractivity (Wildman–Crippen MR) is 94.9 cm³/mol. The average Bonchev–Trinajstić information content (AvgIpc) is 2.62. The molecule has 1 atom stereocenters. The molecule has 0 radical (unpaired) electrons. The third-order valence-corrected chi connectivity index (χ3v) is 4.04. The molecule has 0 unspecified atom stereocenters. The zero-order valence-electron chi connectivity index (χ0n) is 13.9. The maximum Gasteiger partial charge on any atom is 0.328 e. The van der Waals surface area contributed by atoms with Gasteiger partial charge in [0.05, 0.1) is 23.8 Å². The van der Waals surface area contributed by atoms with E-state index in [1.807, 2.05) is 24.4 Å². The summed E-state index contributed by atoms with van der Waals surface area (Å²) in [5.41, 5.74) is 1.60. The Morgan fingerprint density at radius 3 is 2.96 bits per heavy atom. The van der Waals surface area contributed by atoms with E-state index in [1.165, 1.54) is 6.08 Å². The summed E-state index contributed by atoms with van der Waals surface area (Å²) in [5.74, 6) is -0.295. The first-order chi connectivity index (χ1) is 12.2. The van der Waals surface area contributed by atoms with Crippen molar-refractivity contribution in [3.63, 3.8) is 0 Å². The normalized spacial score (nSPS) is 18.3. The van der Waals surface area contributed by atoms with Gasteiger partial charge >= 0.3 is 5.97 Å². The zero-order chi connectivity index (χ0) is 17.5. The average molecular weight is 339 g/mol. The minimum atomic E-state index is -1.00. The second kappa shape index (κ2) is 8.34. The monoisotopic (exact) mass is 339 g/mol. The number of nitrogens with zero attached hydrogens (tertiary/aromatic N) is 4. The minimum absolute atomic E-state index is 0.312. The van der Waals surface area contributed by atoms with Gasteiger partial charge in [0.25, 0.3) is 0 Å². The SMILES string of the molecule is O=C(O)/C=C/c1cnc(N[C@@H]2CCCN(Cc3ccccn3)C2)cn1. The molecule has 0 bridgehead atoms. The third kappa shape index (κ3) is 5.36.